The van der Waals surface area contributed by atoms with E-state index in [1.54, 1.807) is 0 Å². The minimum Gasteiger partial charge on any atom is -0.458 e. The van der Waals surface area contributed by atoms with E-state index in [1.807, 2.05) is 22.9 Å². The smallest absolute Gasteiger partial charge is 0.268 e. The van der Waals surface area contributed by atoms with Crippen molar-refractivity contribution in [1.82, 2.24) is 14.1 Å². The number of rotatable bonds is 6. The first kappa shape index (κ1) is 51.0. The van der Waals surface area contributed by atoms with Crippen LogP contribution in [0.25, 0.3) is 50.1 Å². The van der Waals surface area contributed by atoms with Gasteiger partial charge in [-0.2, -0.15) is 0 Å². The number of pyridine rings is 1. The van der Waals surface area contributed by atoms with Crippen molar-refractivity contribution in [3.05, 3.63) is 192 Å². The summed E-state index contributed by atoms with van der Waals surface area (Å²) in [4.78, 5) is 5.04. The van der Waals surface area contributed by atoms with Crippen LogP contribution in [0.15, 0.2) is 158 Å². The highest BCUT2D eigenvalue weighted by molar-refractivity contribution is 6.98. The highest BCUT2D eigenvalue weighted by atomic mass is 16.5. The Labute approximate surface area is 461 Å². The third-order valence-corrected chi connectivity index (χ3v) is 16.0. The molecule has 8 heteroatoms. The summed E-state index contributed by atoms with van der Waals surface area (Å²) < 4.78 is 27.2. The molecule has 5 heterocycles. The topological polar surface area (TPSA) is 54.3 Å². The van der Waals surface area contributed by atoms with Gasteiger partial charge >= 0.3 is 0 Å². The zero-order valence-corrected chi connectivity index (χ0v) is 48.1. The summed E-state index contributed by atoms with van der Waals surface area (Å²) in [6.07, 6.45) is 9.65. The predicted octanol–water partition coefficient (Wildman–Crippen LogP) is 15.7. The number of nitrogens with zero attached hydrogens (tertiary/aromatic N) is 4. The third-order valence-electron chi connectivity index (χ3n) is 16.0. The van der Waals surface area contributed by atoms with Crippen molar-refractivity contribution in [1.29, 1.82) is 0 Å². The minimum absolute atomic E-state index is 0.00303. The first-order chi connectivity index (χ1) is 36.7. The van der Waals surface area contributed by atoms with Crippen LogP contribution in [0.4, 0.5) is 0 Å². The molecular formula is C70H71BN4O3. The van der Waals surface area contributed by atoms with Gasteiger partial charge in [-0.15, -0.1) is 0 Å². The molecule has 392 valence electrons. The molecule has 12 rings (SSSR count). The molecule has 0 bridgehead atoms. The van der Waals surface area contributed by atoms with Crippen LogP contribution in [-0.4, -0.2) is 20.8 Å². The first-order valence-electron chi connectivity index (χ1n) is 27.6. The van der Waals surface area contributed by atoms with Crippen LogP contribution in [0.5, 0.6) is 34.5 Å². The van der Waals surface area contributed by atoms with E-state index in [-0.39, 0.29) is 33.8 Å². The van der Waals surface area contributed by atoms with Crippen molar-refractivity contribution in [3.8, 4) is 62.8 Å². The largest absolute Gasteiger partial charge is 0.458 e. The van der Waals surface area contributed by atoms with E-state index in [0.29, 0.717) is 0 Å². The molecule has 0 unspecified atom stereocenters. The van der Waals surface area contributed by atoms with Crippen LogP contribution in [0, 0.1) is 6.33 Å². The molecule has 0 N–H and O–H groups in total. The summed E-state index contributed by atoms with van der Waals surface area (Å²) in [7, 11) is 0. The lowest BCUT2D eigenvalue weighted by molar-refractivity contribution is -0.599. The van der Waals surface area contributed by atoms with Gasteiger partial charge < -0.3 is 14.2 Å². The quantitative estimate of drug-likeness (QED) is 0.0946. The molecule has 0 amide bonds. The van der Waals surface area contributed by atoms with Gasteiger partial charge in [0.05, 0.1) is 22.4 Å². The van der Waals surface area contributed by atoms with Crippen LogP contribution < -0.4 is 35.2 Å². The number of ether oxygens (including phenoxy) is 3. The second-order valence-corrected chi connectivity index (χ2v) is 26.9. The zero-order valence-electron chi connectivity index (χ0n) is 48.1. The molecule has 0 saturated heterocycles. The number of benzene rings is 7. The maximum Gasteiger partial charge on any atom is 0.268 e. The van der Waals surface area contributed by atoms with E-state index in [2.05, 4.69) is 259 Å². The van der Waals surface area contributed by atoms with E-state index < -0.39 is 0 Å². The normalized spacial score (nSPS) is 13.5. The Morgan fingerprint density at radius 2 is 1.08 bits per heavy atom. The molecular weight excluding hydrogens is 956 g/mol. The fraction of sp³-hybridized carbons (Fsp3) is 0.286. The fourth-order valence-corrected chi connectivity index (χ4v) is 11.1. The molecule has 7 nitrogen and oxygen atoms in total. The number of hydrogen-bond donors (Lipinski definition) is 0. The molecule has 2 aliphatic rings. The van der Waals surface area contributed by atoms with Gasteiger partial charge in [-0.3, -0.25) is 13.7 Å². The van der Waals surface area contributed by atoms with Gasteiger partial charge in [-0.25, -0.2) is 4.98 Å². The molecule has 0 radical (unpaired) electrons. The third kappa shape index (κ3) is 9.17. The first-order valence-corrected chi connectivity index (χ1v) is 27.6. The van der Waals surface area contributed by atoms with Gasteiger partial charge in [0.2, 0.25) is 0 Å². The number of aromatic nitrogens is 4. The molecule has 2 aliphatic heterocycles. The van der Waals surface area contributed by atoms with Gasteiger partial charge in [0.1, 0.15) is 40.3 Å². The molecule has 0 fully saturated rings. The highest BCUT2D eigenvalue weighted by Crippen LogP contribution is 2.43. The van der Waals surface area contributed by atoms with Crippen LogP contribution >= 0.6 is 0 Å². The molecule has 0 atom stereocenters. The number of imidazole rings is 1. The van der Waals surface area contributed by atoms with E-state index in [4.69, 9.17) is 19.2 Å². The van der Waals surface area contributed by atoms with Gasteiger partial charge in [0.25, 0.3) is 13.0 Å². The highest BCUT2D eigenvalue weighted by Gasteiger charge is 2.41. The molecule has 0 saturated carbocycles. The van der Waals surface area contributed by atoms with Crippen LogP contribution in [0.2, 0.25) is 0 Å². The summed E-state index contributed by atoms with van der Waals surface area (Å²) in [6, 6.07) is 50.6. The average molecular weight is 1030 g/mol. The van der Waals surface area contributed by atoms with Crippen LogP contribution in [0.3, 0.4) is 0 Å². The van der Waals surface area contributed by atoms with Crippen molar-refractivity contribution in [2.75, 3.05) is 0 Å². The fourth-order valence-electron chi connectivity index (χ4n) is 11.1. The second kappa shape index (κ2) is 17.9. The monoisotopic (exact) mass is 1030 g/mol. The molecule has 7 aromatic carbocycles. The Kier molecular flexibility index (Phi) is 11.7. The Hall–Kier alpha value is -7.84. The van der Waals surface area contributed by atoms with Crippen molar-refractivity contribution < 1.29 is 18.8 Å². The maximum atomic E-state index is 7.00. The van der Waals surface area contributed by atoms with Gasteiger partial charge in [-0.1, -0.05) is 146 Å². The number of fused-ring (bicyclic) bond motifs is 7. The second-order valence-electron chi connectivity index (χ2n) is 26.9. The lowest BCUT2D eigenvalue weighted by Gasteiger charge is -2.35. The Morgan fingerprint density at radius 3 is 1.68 bits per heavy atom. The summed E-state index contributed by atoms with van der Waals surface area (Å²) in [6.45, 7) is 33.9. The summed E-state index contributed by atoms with van der Waals surface area (Å²) in [5.41, 5.74) is 15.7. The van der Waals surface area contributed by atoms with E-state index in [9.17, 15) is 0 Å². The van der Waals surface area contributed by atoms with Crippen molar-refractivity contribution in [2.24, 2.45) is 0 Å². The lowest BCUT2D eigenvalue weighted by Crippen LogP contribution is -2.57. The van der Waals surface area contributed by atoms with Crippen molar-refractivity contribution in [2.45, 2.75) is 131 Å². The summed E-state index contributed by atoms with van der Waals surface area (Å²) >= 11 is 0. The van der Waals surface area contributed by atoms with Gasteiger partial charge in [-0.05, 0) is 168 Å². The molecule has 78 heavy (non-hydrogen) atoms. The molecule has 10 aromatic rings. The Morgan fingerprint density at radius 1 is 0.487 bits per heavy atom. The maximum absolute atomic E-state index is 7.00. The van der Waals surface area contributed by atoms with E-state index in [1.165, 1.54) is 27.8 Å². The van der Waals surface area contributed by atoms with Crippen molar-refractivity contribution in [3.63, 3.8) is 0 Å². The molecule has 3 aromatic heterocycles. The van der Waals surface area contributed by atoms with Crippen LogP contribution in [0.1, 0.15) is 132 Å². The van der Waals surface area contributed by atoms with E-state index >= 15 is 0 Å². The SMILES string of the molecule is CC(C)(C)c1cc(-[n+]2[c-]n(-c3cccc(Oc4ccc5c6cc(-c7cc8c9c(c7)Oc7cc(C(C)(C)C)ccc7B9c7ccc(C(C)(C)C)cc7O8)ccc6n(-c6cc(C(C)(C)C)ccn6)c5c4)c3)cc2)cc(C(C)(C)C)c1. The molecule has 0 spiro atoms. The lowest BCUT2D eigenvalue weighted by atomic mass is 9.34. The summed E-state index contributed by atoms with van der Waals surface area (Å²) in [5.74, 6) is 5.73. The van der Waals surface area contributed by atoms with Gasteiger partial charge in [0.15, 0.2) is 0 Å². The zero-order chi connectivity index (χ0) is 55.0. The van der Waals surface area contributed by atoms with Gasteiger partial charge in [0, 0.05) is 40.9 Å². The van der Waals surface area contributed by atoms with Crippen LogP contribution in [-0.2, 0) is 27.1 Å². The minimum atomic E-state index is -0.0787. The number of hydrogen-bond acceptors (Lipinski definition) is 4. The Bertz CT molecular complexity index is 3930. The summed E-state index contributed by atoms with van der Waals surface area (Å²) in [5, 5.41) is 2.19. The predicted molar refractivity (Wildman–Crippen MR) is 321 cm³/mol. The van der Waals surface area contributed by atoms with Crippen molar-refractivity contribution >= 4 is 44.9 Å². The van der Waals surface area contributed by atoms with E-state index in [0.717, 1.165) is 101 Å². The average Bonchev–Trinajstić information content (AvgIpc) is 3.86. The standard InChI is InChI=1S/C70H71BN4O3/c1-66(2,3)45-20-24-56-60(37-45)77-62-32-44(33-63-65(62)71(56)57-25-21-46(67(4,5)6)38-61(57)78-63)43-19-26-58-55(31-43)54-23-22-53(41-59(54)75(58)64-39-47(27-28-72-64)68(7,8)9)76-52-18-16-17-50(40-52)73-29-30-74(42-73)51-35-48(69(10,11)12)34-49(36-51)70(13,14)15/h16-41H,1-15H3. The molecule has 0 aliphatic carbocycles. The Balaban J connectivity index is 0.944.